The van der Waals surface area contributed by atoms with Crippen molar-refractivity contribution in [1.29, 1.82) is 0 Å². The predicted molar refractivity (Wildman–Crippen MR) is 191 cm³/mol. The number of aliphatic hydroxyl groups is 2. The van der Waals surface area contributed by atoms with Crippen LogP contribution >= 0.6 is 7.82 Å². The van der Waals surface area contributed by atoms with Gasteiger partial charge in [0.1, 0.15) is 47.6 Å². The van der Waals surface area contributed by atoms with Crippen molar-refractivity contribution < 1.29 is 38.2 Å². The lowest BCUT2D eigenvalue weighted by atomic mass is 9.85. The third-order valence-electron chi connectivity index (χ3n) is 9.96. The van der Waals surface area contributed by atoms with E-state index in [1.165, 1.54) is 56.2 Å². The Balaban J connectivity index is 1.22. The molecule has 1 fully saturated rings. The summed E-state index contributed by atoms with van der Waals surface area (Å²) in [7, 11) is -4.62. The highest BCUT2D eigenvalue weighted by molar-refractivity contribution is 7.47. The Bertz CT molecular complexity index is 1390. The number of benzene rings is 1. The van der Waals surface area contributed by atoms with Gasteiger partial charge < -0.3 is 29.9 Å². The molecule has 0 aromatic heterocycles. The van der Waals surface area contributed by atoms with Gasteiger partial charge >= 0.3 is 7.82 Å². The number of fused-ring (bicyclic) bond motifs is 1. The van der Waals surface area contributed by atoms with Crippen LogP contribution in [0.5, 0.6) is 11.5 Å². The smallest absolute Gasteiger partial charge is 0.487 e. The van der Waals surface area contributed by atoms with Crippen LogP contribution in [0.25, 0.3) is 0 Å². The molecule has 1 aromatic carbocycles. The molecule has 1 aromatic rings. The highest BCUT2D eigenvalue weighted by atomic mass is 31.2. The van der Waals surface area contributed by atoms with E-state index in [-0.39, 0.29) is 23.1 Å². The van der Waals surface area contributed by atoms with Crippen molar-refractivity contribution in [1.82, 2.24) is 4.90 Å². The Morgan fingerprint density at radius 2 is 1.73 bits per heavy atom. The summed E-state index contributed by atoms with van der Waals surface area (Å²) < 4.78 is 35.8. The van der Waals surface area contributed by atoms with Gasteiger partial charge in [0.05, 0.1) is 6.61 Å². The molecule has 5 unspecified atom stereocenters. The molecule has 3 heterocycles. The van der Waals surface area contributed by atoms with Crippen molar-refractivity contribution in [3.05, 3.63) is 35.7 Å². The van der Waals surface area contributed by atoms with Crippen LogP contribution in [0.15, 0.2) is 34.5 Å². The molecule has 49 heavy (non-hydrogen) atoms. The van der Waals surface area contributed by atoms with Gasteiger partial charge in [0.25, 0.3) is 0 Å². The number of ether oxygens (including phenoxy) is 2. The zero-order valence-corrected chi connectivity index (χ0v) is 31.1. The second-order valence-electron chi connectivity index (χ2n) is 15.1. The second-order valence-corrected chi connectivity index (χ2v) is 16.5. The average Bonchev–Trinajstić information content (AvgIpc) is 3.29. The fraction of sp³-hybridized carbons (Fsp3) is 0.722. The SMILES string of the molecule is C=C1N=C(N)N=CN1[C@@H]1O[C@H](COP(=O)(O)Oc2cc(C)c3c(c2)CCC(C)(CCCC(C)CCCC(C)CCCC(C)C)O3)[C@H](O)C1O. The Morgan fingerprint density at radius 3 is 2.39 bits per heavy atom. The minimum atomic E-state index is -4.62. The lowest BCUT2D eigenvalue weighted by Gasteiger charge is -2.37. The summed E-state index contributed by atoms with van der Waals surface area (Å²) in [6, 6.07) is 3.38. The van der Waals surface area contributed by atoms with Gasteiger partial charge in [0, 0.05) is 0 Å². The lowest BCUT2D eigenvalue weighted by Crippen LogP contribution is -2.44. The van der Waals surface area contributed by atoms with Crippen LogP contribution in [0, 0.1) is 24.7 Å². The molecule has 0 bridgehead atoms. The molecule has 8 atom stereocenters. The van der Waals surface area contributed by atoms with Crippen LogP contribution in [0.1, 0.15) is 110 Å². The van der Waals surface area contributed by atoms with Crippen molar-refractivity contribution in [3.63, 3.8) is 0 Å². The molecule has 13 heteroatoms. The first-order chi connectivity index (χ1) is 23.1. The summed E-state index contributed by atoms with van der Waals surface area (Å²) in [6.45, 7) is 16.7. The van der Waals surface area contributed by atoms with E-state index < -0.39 is 39.0 Å². The van der Waals surface area contributed by atoms with E-state index in [1.807, 2.05) is 6.92 Å². The van der Waals surface area contributed by atoms with Crippen LogP contribution < -0.4 is 15.0 Å². The number of phosphoric ester groups is 1. The van der Waals surface area contributed by atoms with Gasteiger partial charge in [-0.25, -0.2) is 9.56 Å². The first kappa shape index (κ1) is 39.3. The van der Waals surface area contributed by atoms with Crippen LogP contribution in [-0.2, 0) is 20.2 Å². The van der Waals surface area contributed by atoms with E-state index in [2.05, 4.69) is 51.2 Å². The highest BCUT2D eigenvalue weighted by Gasteiger charge is 2.47. The fourth-order valence-corrected chi connectivity index (χ4v) is 7.67. The molecule has 3 aliphatic heterocycles. The number of rotatable bonds is 18. The summed E-state index contributed by atoms with van der Waals surface area (Å²) >= 11 is 0. The summed E-state index contributed by atoms with van der Waals surface area (Å²) in [4.78, 5) is 19.6. The van der Waals surface area contributed by atoms with Crippen LogP contribution in [0.4, 0.5) is 0 Å². The molecule has 0 radical (unpaired) electrons. The zero-order chi connectivity index (χ0) is 35.9. The maximum atomic E-state index is 12.9. The first-order valence-corrected chi connectivity index (χ1v) is 19.4. The van der Waals surface area contributed by atoms with Crippen molar-refractivity contribution in [2.45, 2.75) is 142 Å². The third-order valence-corrected chi connectivity index (χ3v) is 10.9. The molecule has 0 amide bonds. The largest absolute Gasteiger partial charge is 0.527 e. The maximum absolute atomic E-state index is 12.9. The van der Waals surface area contributed by atoms with Gasteiger partial charge in [0.2, 0.25) is 5.96 Å². The minimum absolute atomic E-state index is 0.00986. The van der Waals surface area contributed by atoms with E-state index in [0.29, 0.717) is 5.92 Å². The van der Waals surface area contributed by atoms with E-state index in [1.54, 1.807) is 12.1 Å². The monoisotopic (exact) mass is 706 g/mol. The number of aliphatic hydroxyl groups excluding tert-OH is 2. The van der Waals surface area contributed by atoms with E-state index in [0.717, 1.165) is 54.4 Å². The van der Waals surface area contributed by atoms with Gasteiger partial charge in [-0.1, -0.05) is 79.2 Å². The van der Waals surface area contributed by atoms with Gasteiger partial charge in [-0.2, -0.15) is 4.99 Å². The summed E-state index contributed by atoms with van der Waals surface area (Å²) in [6.07, 6.45) is 9.02. The number of nitrogens with zero attached hydrogens (tertiary/aromatic N) is 3. The molecule has 5 N–H and O–H groups in total. The van der Waals surface area contributed by atoms with Crippen molar-refractivity contribution in [2.24, 2.45) is 33.5 Å². The van der Waals surface area contributed by atoms with Crippen molar-refractivity contribution in [2.75, 3.05) is 6.61 Å². The Labute approximate surface area is 292 Å². The standard InChI is InChI=1S/C36H59N4O8P/c1-23(2)11-8-12-24(3)13-9-14-25(4)15-10-17-36(7)18-16-28-20-29(19-26(5)33(28)47-36)48-49(43,44)45-21-30-31(41)32(42)34(46-30)40-22-38-35(37)39-27(40)6/h19-20,22-25,30-32,34,41-42H,6,8-18,21H2,1-5,7H3,(H2,37,39)(H,43,44)/t24?,25?,30-,31+,32?,34-,36?/m1/s1. The molecule has 276 valence electrons. The Morgan fingerprint density at radius 1 is 1.08 bits per heavy atom. The summed E-state index contributed by atoms with van der Waals surface area (Å²) in [5, 5.41) is 21.1. The molecule has 3 aliphatic rings. The van der Waals surface area contributed by atoms with Gasteiger partial charge in [-0.15, -0.1) is 0 Å². The molecule has 0 spiro atoms. The number of nitrogens with two attached hydrogens (primary N) is 1. The topological polar surface area (TPSA) is 169 Å². The fourth-order valence-electron chi connectivity index (χ4n) is 6.91. The first-order valence-electron chi connectivity index (χ1n) is 17.9. The Hall–Kier alpha value is -2.47. The van der Waals surface area contributed by atoms with E-state index in [4.69, 9.17) is 24.3 Å². The highest BCUT2D eigenvalue weighted by Crippen LogP contribution is 2.47. The third kappa shape index (κ3) is 11.3. The number of guanidine groups is 1. The normalized spacial score (nSPS) is 27.8. The molecule has 0 saturated carbocycles. The van der Waals surface area contributed by atoms with Crippen LogP contribution in [-0.4, -0.2) is 69.1 Å². The summed E-state index contributed by atoms with van der Waals surface area (Å²) in [5.74, 6) is 3.44. The lowest BCUT2D eigenvalue weighted by molar-refractivity contribution is -0.0598. The van der Waals surface area contributed by atoms with E-state index >= 15 is 0 Å². The Kier molecular flexibility index (Phi) is 13.8. The minimum Gasteiger partial charge on any atom is -0.487 e. The molecule has 12 nitrogen and oxygen atoms in total. The van der Waals surface area contributed by atoms with E-state index in [9.17, 15) is 19.7 Å². The number of phosphoric acid groups is 1. The molecule has 0 aliphatic carbocycles. The molecular weight excluding hydrogens is 647 g/mol. The van der Waals surface area contributed by atoms with Gasteiger partial charge in [-0.05, 0) is 80.5 Å². The van der Waals surface area contributed by atoms with Crippen LogP contribution in [0.3, 0.4) is 0 Å². The number of hydrogen-bond donors (Lipinski definition) is 4. The number of aliphatic imine (C=N–C) groups is 2. The van der Waals surface area contributed by atoms with Crippen molar-refractivity contribution in [3.8, 4) is 11.5 Å². The quantitative estimate of drug-likeness (QED) is 0.122. The average molecular weight is 707 g/mol. The summed E-state index contributed by atoms with van der Waals surface area (Å²) in [5.41, 5.74) is 7.02. The number of aryl methyl sites for hydroxylation is 2. The zero-order valence-electron chi connectivity index (χ0n) is 30.2. The molecular formula is C36H59N4O8P. The maximum Gasteiger partial charge on any atom is 0.527 e. The van der Waals surface area contributed by atoms with Gasteiger partial charge in [0.15, 0.2) is 6.23 Å². The van der Waals surface area contributed by atoms with Crippen molar-refractivity contribution >= 4 is 20.1 Å². The molecule has 4 rings (SSSR count). The predicted octanol–water partition coefficient (Wildman–Crippen LogP) is 6.59. The van der Waals surface area contributed by atoms with Crippen LogP contribution in [0.2, 0.25) is 0 Å². The molecule has 1 saturated heterocycles. The second kappa shape index (κ2) is 17.2. The van der Waals surface area contributed by atoms with Gasteiger partial charge in [-0.3, -0.25) is 14.3 Å². The number of hydrogen-bond acceptors (Lipinski definition) is 11.